The number of nitrogens with zero attached hydrogens (tertiary/aromatic N) is 1. The van der Waals surface area contributed by atoms with E-state index in [0.29, 0.717) is 5.92 Å². The number of carbonyl (C=O) groups excluding carboxylic acids is 1. The summed E-state index contributed by atoms with van der Waals surface area (Å²) in [4.78, 5) is 14.0. The minimum atomic E-state index is 0.0483. The average Bonchev–Trinajstić information content (AvgIpc) is 2.85. The van der Waals surface area contributed by atoms with Crippen molar-refractivity contribution in [1.29, 1.82) is 0 Å². The zero-order chi connectivity index (χ0) is 15.0. The quantitative estimate of drug-likeness (QED) is 0.805. The van der Waals surface area contributed by atoms with Gasteiger partial charge >= 0.3 is 0 Å². The van der Waals surface area contributed by atoms with Crippen LogP contribution in [0.1, 0.15) is 40.0 Å². The van der Waals surface area contributed by atoms with Crippen LogP contribution in [0.15, 0.2) is 23.3 Å². The summed E-state index contributed by atoms with van der Waals surface area (Å²) in [7, 11) is 0. The van der Waals surface area contributed by atoms with Crippen LogP contribution in [0.2, 0.25) is 0 Å². The SMILES string of the molecule is CC.CC1/C=C(Cl)\C=C/CN(C2CCNC2=O)CCC1. The van der Waals surface area contributed by atoms with Crippen molar-refractivity contribution in [3.8, 4) is 0 Å². The van der Waals surface area contributed by atoms with Crippen molar-refractivity contribution >= 4 is 17.5 Å². The van der Waals surface area contributed by atoms with Gasteiger partial charge in [0.25, 0.3) is 0 Å². The Hall–Kier alpha value is -0.800. The van der Waals surface area contributed by atoms with Crippen LogP contribution < -0.4 is 5.32 Å². The number of amides is 1. The van der Waals surface area contributed by atoms with E-state index >= 15 is 0 Å². The van der Waals surface area contributed by atoms with Gasteiger partial charge in [-0.05, 0) is 37.8 Å². The van der Waals surface area contributed by atoms with Crippen molar-refractivity contribution in [2.45, 2.75) is 46.1 Å². The van der Waals surface area contributed by atoms with Gasteiger partial charge in [-0.3, -0.25) is 9.69 Å². The van der Waals surface area contributed by atoms with Gasteiger partial charge in [-0.15, -0.1) is 0 Å². The molecule has 2 rings (SSSR count). The van der Waals surface area contributed by atoms with Crippen molar-refractivity contribution in [2.75, 3.05) is 19.6 Å². The Kier molecular flexibility index (Phi) is 7.93. The van der Waals surface area contributed by atoms with E-state index < -0.39 is 0 Å². The maximum Gasteiger partial charge on any atom is 0.237 e. The molecule has 2 aliphatic heterocycles. The molecule has 4 heteroatoms. The van der Waals surface area contributed by atoms with Gasteiger partial charge in [0.1, 0.15) is 0 Å². The first-order valence-electron chi connectivity index (χ1n) is 7.72. The van der Waals surface area contributed by atoms with E-state index in [9.17, 15) is 4.79 Å². The van der Waals surface area contributed by atoms with Gasteiger partial charge in [0, 0.05) is 18.1 Å². The van der Waals surface area contributed by atoms with Crippen molar-refractivity contribution < 1.29 is 4.79 Å². The molecule has 2 heterocycles. The van der Waals surface area contributed by atoms with Crippen molar-refractivity contribution in [1.82, 2.24) is 10.2 Å². The second kappa shape index (κ2) is 9.19. The van der Waals surface area contributed by atoms with Crippen LogP contribution in [0.5, 0.6) is 0 Å². The largest absolute Gasteiger partial charge is 0.355 e. The molecule has 1 saturated heterocycles. The standard InChI is InChI=1S/C14H21ClN2O.C2H6/c1-11-4-2-8-17(9-3-5-12(15)10-11)13-6-7-16-14(13)18;1-2/h3,5,10-11,13H,2,4,6-9H2,1H3,(H,16,18);1-2H3/b5-3-,12-10+;. The Labute approximate surface area is 128 Å². The van der Waals surface area contributed by atoms with Crippen LogP contribution in [0.4, 0.5) is 0 Å². The molecular weight excluding hydrogens is 272 g/mol. The Morgan fingerprint density at radius 3 is 2.75 bits per heavy atom. The maximum atomic E-state index is 11.7. The molecule has 0 radical (unpaired) electrons. The van der Waals surface area contributed by atoms with Gasteiger partial charge in [0.15, 0.2) is 0 Å². The minimum Gasteiger partial charge on any atom is -0.355 e. The molecule has 2 aliphatic rings. The predicted molar refractivity (Wildman–Crippen MR) is 85.8 cm³/mol. The molecule has 0 saturated carbocycles. The first kappa shape index (κ1) is 17.3. The lowest BCUT2D eigenvalue weighted by molar-refractivity contribution is -0.123. The van der Waals surface area contributed by atoms with E-state index in [2.05, 4.69) is 29.3 Å². The highest BCUT2D eigenvalue weighted by atomic mass is 35.5. The molecule has 0 spiro atoms. The van der Waals surface area contributed by atoms with Gasteiger partial charge < -0.3 is 5.32 Å². The Morgan fingerprint density at radius 1 is 1.35 bits per heavy atom. The third-order valence-corrected chi connectivity index (χ3v) is 3.88. The summed E-state index contributed by atoms with van der Waals surface area (Å²) >= 11 is 6.13. The van der Waals surface area contributed by atoms with Crippen LogP contribution in [-0.4, -0.2) is 36.5 Å². The second-order valence-corrected chi connectivity index (χ2v) is 5.60. The van der Waals surface area contributed by atoms with Crippen LogP contribution in [-0.2, 0) is 4.79 Å². The first-order valence-corrected chi connectivity index (χ1v) is 8.10. The van der Waals surface area contributed by atoms with E-state index in [1.807, 2.05) is 19.9 Å². The van der Waals surface area contributed by atoms with Crippen LogP contribution in [0.25, 0.3) is 0 Å². The first-order chi connectivity index (χ1) is 9.66. The van der Waals surface area contributed by atoms with Crippen molar-refractivity contribution in [3.63, 3.8) is 0 Å². The summed E-state index contributed by atoms with van der Waals surface area (Å²) < 4.78 is 0. The maximum absolute atomic E-state index is 11.7. The molecule has 1 fully saturated rings. The Balaban J connectivity index is 0.000000956. The van der Waals surface area contributed by atoms with Gasteiger partial charge in [-0.2, -0.15) is 0 Å². The molecular formula is C16H27ClN2O. The molecule has 0 aromatic rings. The molecule has 1 N–H and O–H groups in total. The van der Waals surface area contributed by atoms with Crippen molar-refractivity contribution in [2.24, 2.45) is 5.92 Å². The van der Waals surface area contributed by atoms with Gasteiger partial charge in [0.05, 0.1) is 6.04 Å². The summed E-state index contributed by atoms with van der Waals surface area (Å²) in [5.74, 6) is 0.676. The monoisotopic (exact) mass is 298 g/mol. The lowest BCUT2D eigenvalue weighted by atomic mass is 10.0. The summed E-state index contributed by atoms with van der Waals surface area (Å²) in [6, 6.07) is 0.0483. The molecule has 3 nitrogen and oxygen atoms in total. The number of hydrogen-bond acceptors (Lipinski definition) is 2. The molecule has 114 valence electrons. The van der Waals surface area contributed by atoms with Gasteiger partial charge in [-0.1, -0.05) is 44.5 Å². The van der Waals surface area contributed by atoms with Crippen LogP contribution in [0.3, 0.4) is 0 Å². The molecule has 0 bridgehead atoms. The zero-order valence-corrected chi connectivity index (χ0v) is 13.6. The summed E-state index contributed by atoms with van der Waals surface area (Å²) in [5.41, 5.74) is 0. The number of halogens is 1. The summed E-state index contributed by atoms with van der Waals surface area (Å²) in [6.07, 6.45) is 9.27. The van der Waals surface area contributed by atoms with Gasteiger partial charge in [-0.25, -0.2) is 0 Å². The highest BCUT2D eigenvalue weighted by Crippen LogP contribution is 2.18. The highest BCUT2D eigenvalue weighted by molar-refractivity contribution is 6.31. The van der Waals surface area contributed by atoms with Crippen LogP contribution >= 0.6 is 11.6 Å². The second-order valence-electron chi connectivity index (χ2n) is 5.16. The number of carbonyl (C=O) groups is 1. The smallest absolute Gasteiger partial charge is 0.237 e. The Morgan fingerprint density at radius 2 is 2.10 bits per heavy atom. The number of hydrogen-bond donors (Lipinski definition) is 1. The van der Waals surface area contributed by atoms with Gasteiger partial charge in [0.2, 0.25) is 5.91 Å². The fourth-order valence-corrected chi connectivity index (χ4v) is 2.94. The number of allylic oxidation sites excluding steroid dienone is 3. The summed E-state index contributed by atoms with van der Waals surface area (Å²) in [5, 5.41) is 3.71. The van der Waals surface area contributed by atoms with E-state index in [0.717, 1.165) is 43.9 Å². The average molecular weight is 299 g/mol. The fourth-order valence-electron chi connectivity index (χ4n) is 2.63. The van der Waals surface area contributed by atoms with E-state index in [1.165, 1.54) is 0 Å². The highest BCUT2D eigenvalue weighted by Gasteiger charge is 2.29. The normalized spacial score (nSPS) is 32.4. The van der Waals surface area contributed by atoms with E-state index in [1.54, 1.807) is 0 Å². The van der Waals surface area contributed by atoms with Crippen LogP contribution in [0, 0.1) is 5.92 Å². The molecule has 1 amide bonds. The number of rotatable bonds is 1. The molecule has 2 unspecified atom stereocenters. The molecule has 0 aromatic carbocycles. The summed E-state index contributed by atoms with van der Waals surface area (Å²) in [6.45, 7) is 8.78. The number of nitrogens with one attached hydrogen (secondary N) is 1. The van der Waals surface area contributed by atoms with E-state index in [4.69, 9.17) is 11.6 Å². The lowest BCUT2D eigenvalue weighted by Crippen LogP contribution is -2.41. The molecule has 2 atom stereocenters. The molecule has 0 aromatic heterocycles. The minimum absolute atomic E-state index is 0.0483. The van der Waals surface area contributed by atoms with Crippen molar-refractivity contribution in [3.05, 3.63) is 23.3 Å². The molecule has 20 heavy (non-hydrogen) atoms. The zero-order valence-electron chi connectivity index (χ0n) is 12.9. The lowest BCUT2D eigenvalue weighted by Gasteiger charge is -2.26. The van der Waals surface area contributed by atoms with E-state index in [-0.39, 0.29) is 11.9 Å². The Bertz CT molecular complexity index is 365. The third kappa shape index (κ3) is 5.29. The molecule has 0 aliphatic carbocycles. The third-order valence-electron chi connectivity index (χ3n) is 3.63. The predicted octanol–water partition coefficient (Wildman–Crippen LogP) is 3.31. The fraction of sp³-hybridized carbons (Fsp3) is 0.688. The topological polar surface area (TPSA) is 32.3 Å².